The van der Waals surface area contributed by atoms with E-state index in [9.17, 15) is 19.8 Å². The van der Waals surface area contributed by atoms with Crippen LogP contribution in [0.1, 0.15) is 84.3 Å². The van der Waals surface area contributed by atoms with Crippen LogP contribution in [0.3, 0.4) is 0 Å². The minimum absolute atomic E-state index is 0.0522. The second-order valence-corrected chi connectivity index (χ2v) is 12.0. The van der Waals surface area contributed by atoms with Crippen molar-refractivity contribution in [3.8, 4) is 0 Å². The molecule has 7 atom stereocenters. The lowest BCUT2D eigenvalue weighted by Crippen LogP contribution is -2.54. The zero-order valence-corrected chi connectivity index (χ0v) is 22.9. The summed E-state index contributed by atoms with van der Waals surface area (Å²) in [5, 5.41) is 25.8. The average molecular weight is 533 g/mol. The quantitative estimate of drug-likeness (QED) is 0.498. The first-order chi connectivity index (χ1) is 17.6. The molecule has 3 fully saturated rings. The molecule has 3 heterocycles. The van der Waals surface area contributed by atoms with Gasteiger partial charge in [-0.25, -0.2) is 0 Å². The molecule has 1 saturated carbocycles. The van der Waals surface area contributed by atoms with Crippen molar-refractivity contribution < 1.29 is 24.5 Å². The van der Waals surface area contributed by atoms with Crippen molar-refractivity contribution in [2.45, 2.75) is 109 Å². The molecule has 4 rings (SSSR count). The van der Waals surface area contributed by atoms with Crippen LogP contribution in [0.5, 0.6) is 0 Å². The summed E-state index contributed by atoms with van der Waals surface area (Å²) < 4.78 is 6.08. The van der Waals surface area contributed by atoms with E-state index >= 15 is 0 Å². The van der Waals surface area contributed by atoms with Gasteiger partial charge in [0.2, 0.25) is 5.91 Å². The number of aliphatic hydroxyl groups excluding tert-OH is 2. The van der Waals surface area contributed by atoms with E-state index in [1.807, 2.05) is 32.0 Å². The summed E-state index contributed by atoms with van der Waals surface area (Å²) in [6, 6.07) is 5.03. The Morgan fingerprint density at radius 1 is 1.24 bits per heavy atom. The maximum atomic E-state index is 13.7. The lowest BCUT2D eigenvalue weighted by Gasteiger charge is -2.46. The second kappa shape index (κ2) is 11.5. The minimum atomic E-state index is -1.11. The fourth-order valence-corrected chi connectivity index (χ4v) is 6.44. The van der Waals surface area contributed by atoms with Gasteiger partial charge in [-0.05, 0) is 63.2 Å². The maximum Gasteiger partial charge on any atom is 0.223 e. The highest BCUT2D eigenvalue weighted by molar-refractivity contribution is 6.32. The predicted molar refractivity (Wildman–Crippen MR) is 143 cm³/mol. The number of hydrogen-bond acceptors (Lipinski definition) is 6. The van der Waals surface area contributed by atoms with Crippen molar-refractivity contribution in [3.05, 3.63) is 35.1 Å². The number of ketones is 1. The van der Waals surface area contributed by atoms with Gasteiger partial charge in [-0.1, -0.05) is 44.4 Å². The minimum Gasteiger partial charge on any atom is -0.392 e. The number of halogens is 1. The summed E-state index contributed by atoms with van der Waals surface area (Å²) in [5.41, 5.74) is -0.607. The Kier molecular flexibility index (Phi) is 8.79. The van der Waals surface area contributed by atoms with Crippen molar-refractivity contribution in [1.29, 1.82) is 0 Å². The molecule has 204 valence electrons. The van der Waals surface area contributed by atoms with Gasteiger partial charge < -0.3 is 20.3 Å². The topological polar surface area (TPSA) is 112 Å². The number of Topliss-reactive ketones (excluding diaryl/α,β-unsaturated/α-hetero) is 1. The number of nitrogens with zero attached hydrogens (tertiary/aromatic N) is 1. The Hall–Kier alpha value is -1.80. The van der Waals surface area contributed by atoms with E-state index in [0.29, 0.717) is 36.4 Å². The van der Waals surface area contributed by atoms with E-state index in [1.165, 1.54) is 0 Å². The van der Waals surface area contributed by atoms with Gasteiger partial charge >= 0.3 is 0 Å². The lowest BCUT2D eigenvalue weighted by atomic mass is 9.58. The number of pyridine rings is 1. The molecule has 37 heavy (non-hydrogen) atoms. The number of amides is 1. The Morgan fingerprint density at radius 3 is 2.62 bits per heavy atom. The Balaban J connectivity index is 1.60. The molecule has 0 radical (unpaired) electrons. The number of fused-ring (bicyclic) bond motifs is 1. The fraction of sp³-hybridized carbons (Fsp3) is 0.690. The van der Waals surface area contributed by atoms with E-state index < -0.39 is 29.6 Å². The summed E-state index contributed by atoms with van der Waals surface area (Å²) in [7, 11) is 0. The average Bonchev–Trinajstić information content (AvgIpc) is 3.46. The molecule has 1 aliphatic carbocycles. The summed E-state index contributed by atoms with van der Waals surface area (Å²) in [6.45, 7) is 5.97. The molecule has 0 aromatic carbocycles. The summed E-state index contributed by atoms with van der Waals surface area (Å²) in [4.78, 5) is 31.2. The molecule has 1 aromatic heterocycles. The second-order valence-electron chi connectivity index (χ2n) is 11.5. The lowest BCUT2D eigenvalue weighted by molar-refractivity contribution is -0.155. The van der Waals surface area contributed by atoms with Crippen LogP contribution >= 0.6 is 11.6 Å². The van der Waals surface area contributed by atoms with Gasteiger partial charge in [0.05, 0.1) is 47.5 Å². The number of ether oxygens (including phenoxy) is 1. The Bertz CT molecular complexity index is 997. The van der Waals surface area contributed by atoms with Gasteiger partial charge in [-0.2, -0.15) is 0 Å². The third-order valence-corrected chi connectivity index (χ3v) is 9.36. The molecule has 3 N–H and O–H groups in total. The highest BCUT2D eigenvalue weighted by Crippen LogP contribution is 2.49. The van der Waals surface area contributed by atoms with Crippen LogP contribution < -0.4 is 5.32 Å². The molecule has 7 nitrogen and oxygen atoms in total. The van der Waals surface area contributed by atoms with Crippen molar-refractivity contribution in [2.24, 2.45) is 17.3 Å². The van der Waals surface area contributed by atoms with E-state index in [1.54, 1.807) is 12.3 Å². The van der Waals surface area contributed by atoms with E-state index in [2.05, 4.69) is 17.2 Å². The van der Waals surface area contributed by atoms with Gasteiger partial charge in [0.15, 0.2) is 0 Å². The Morgan fingerprint density at radius 2 is 2.00 bits per heavy atom. The predicted octanol–water partition coefficient (Wildman–Crippen LogP) is 4.39. The molecule has 1 amide bonds. The van der Waals surface area contributed by atoms with E-state index in [4.69, 9.17) is 16.3 Å². The number of rotatable bonds is 3. The molecule has 2 saturated heterocycles. The molecular weight excluding hydrogens is 492 g/mol. The molecule has 1 spiro atoms. The molecule has 1 aromatic rings. The number of carbonyl (C=O) groups excluding carboxylic acids is 2. The van der Waals surface area contributed by atoms with E-state index in [0.717, 1.165) is 25.7 Å². The third kappa shape index (κ3) is 6.11. The summed E-state index contributed by atoms with van der Waals surface area (Å²) >= 11 is 6.72. The largest absolute Gasteiger partial charge is 0.392 e. The van der Waals surface area contributed by atoms with Crippen molar-refractivity contribution in [3.63, 3.8) is 0 Å². The summed E-state index contributed by atoms with van der Waals surface area (Å²) in [6.07, 6.45) is 6.66. The normalized spacial score (nSPS) is 37.4. The van der Waals surface area contributed by atoms with Crippen LogP contribution in [0.15, 0.2) is 29.4 Å². The number of epoxide rings is 1. The van der Waals surface area contributed by atoms with Gasteiger partial charge in [-0.15, -0.1) is 0 Å². The molecule has 7 unspecified atom stereocenters. The molecule has 3 aliphatic rings. The molecule has 8 heteroatoms. The van der Waals surface area contributed by atoms with Gasteiger partial charge in [-0.3, -0.25) is 14.6 Å². The maximum absolute atomic E-state index is 13.7. The number of carbonyl (C=O) groups is 2. The van der Waals surface area contributed by atoms with Crippen LogP contribution in [0, 0.1) is 17.3 Å². The van der Waals surface area contributed by atoms with Gasteiger partial charge in [0.25, 0.3) is 0 Å². The summed E-state index contributed by atoms with van der Waals surface area (Å²) in [5.74, 6) is -1.07. The fourth-order valence-electron chi connectivity index (χ4n) is 6.19. The number of hydrogen-bond donors (Lipinski definition) is 3. The molecule has 2 aliphatic heterocycles. The monoisotopic (exact) mass is 532 g/mol. The molecular formula is C29H41ClN2O5. The highest BCUT2D eigenvalue weighted by atomic mass is 35.5. The first kappa shape index (κ1) is 28.2. The van der Waals surface area contributed by atoms with Crippen LogP contribution in [-0.2, 0) is 14.3 Å². The molecule has 0 bridgehead atoms. The standard InChI is InChI=1S/C29H41ClN2O5/c1-4-20-26(35)18(2)9-7-11-28(3)24(37-28)16-22(21(30)15-19-10-5-6-14-31-19)32-25(34)17-23(33)29(27(20)36)12-8-13-29/h5-6,10,14-15,18,20,22-24,26,33,35H,4,7-9,11-13,16-17H2,1-3H3,(H,32,34)/b21-15-. The number of nitrogens with one attached hydrogen (secondary N) is 1. The van der Waals surface area contributed by atoms with Crippen molar-refractivity contribution >= 4 is 29.4 Å². The van der Waals surface area contributed by atoms with Crippen molar-refractivity contribution in [1.82, 2.24) is 10.3 Å². The van der Waals surface area contributed by atoms with Gasteiger partial charge in [0, 0.05) is 23.6 Å². The van der Waals surface area contributed by atoms with Crippen LogP contribution in [0.2, 0.25) is 0 Å². The number of aliphatic hydroxyl groups is 2. The first-order valence-corrected chi connectivity index (χ1v) is 14.1. The highest BCUT2D eigenvalue weighted by Gasteiger charge is 2.54. The zero-order chi connectivity index (χ0) is 26.8. The number of aromatic nitrogens is 1. The Labute approximate surface area is 225 Å². The van der Waals surface area contributed by atoms with Crippen LogP contribution in [-0.4, -0.2) is 56.8 Å². The SMILES string of the molecule is CCC1C(=O)C2(CCC2)C(O)CC(=O)NC(/C(Cl)=C/c2ccccn2)CC2OC2(C)CCCC(C)C1O. The van der Waals surface area contributed by atoms with E-state index in [-0.39, 0.29) is 35.7 Å². The van der Waals surface area contributed by atoms with Crippen LogP contribution in [0.25, 0.3) is 6.08 Å². The van der Waals surface area contributed by atoms with Gasteiger partial charge in [0.1, 0.15) is 5.78 Å². The van der Waals surface area contributed by atoms with Crippen LogP contribution in [0.4, 0.5) is 0 Å². The third-order valence-electron chi connectivity index (χ3n) is 8.98. The first-order valence-electron chi connectivity index (χ1n) is 13.8. The smallest absolute Gasteiger partial charge is 0.223 e. The van der Waals surface area contributed by atoms with Crippen molar-refractivity contribution in [2.75, 3.05) is 0 Å². The zero-order valence-electron chi connectivity index (χ0n) is 22.2.